The fraction of sp³-hybridized carbons (Fsp3) is 0.417. The topological polar surface area (TPSA) is 373 Å². The number of Topliss-reactive ketones (excluding diaryl/α,β-unsaturated/α-hetero) is 2. The van der Waals surface area contributed by atoms with Crippen LogP contribution in [0.2, 0.25) is 20.6 Å². The number of aliphatic hydroxyl groups excluding tert-OH is 3. The van der Waals surface area contributed by atoms with Crippen LogP contribution in [0.5, 0.6) is 0 Å². The summed E-state index contributed by atoms with van der Waals surface area (Å²) in [4.78, 5) is 60.3. The van der Waals surface area contributed by atoms with Crippen LogP contribution in [0.1, 0.15) is 126 Å². The van der Waals surface area contributed by atoms with E-state index >= 15 is 0 Å². The van der Waals surface area contributed by atoms with Gasteiger partial charge in [-0.25, -0.2) is 79.3 Å². The second-order valence-corrected chi connectivity index (χ2v) is 29.1. The Kier molecular flexibility index (Phi) is 26.1. The van der Waals surface area contributed by atoms with E-state index in [-0.39, 0.29) is 128 Å². The molecule has 1 unspecified atom stereocenters. The molecule has 38 heteroatoms. The summed E-state index contributed by atoms with van der Waals surface area (Å²) in [7, 11) is -6.60. The predicted molar refractivity (Wildman–Crippen MR) is 355 cm³/mol. The number of nitrogens with one attached hydrogen (secondary N) is 1. The van der Waals surface area contributed by atoms with Gasteiger partial charge < -0.3 is 40.1 Å². The zero-order valence-corrected chi connectivity index (χ0v) is 60.1. The molecule has 529 valence electrons. The van der Waals surface area contributed by atoms with Crippen molar-refractivity contribution in [3.63, 3.8) is 0 Å². The number of nitrogens with two attached hydrogens (primary N) is 1. The summed E-state index contributed by atoms with van der Waals surface area (Å²) in [5.74, 6) is -2.43. The predicted octanol–water partition coefficient (Wildman–Crippen LogP) is 9.76. The number of aliphatic hydroxyl groups is 3. The molecule has 0 amide bonds. The van der Waals surface area contributed by atoms with Crippen LogP contribution in [-0.4, -0.2) is 174 Å². The minimum absolute atomic E-state index is 0.000512. The molecule has 2 saturated heterocycles. The molecule has 0 radical (unpaired) electrons. The Bertz CT molecular complexity index is 4760. The summed E-state index contributed by atoms with van der Waals surface area (Å²) >= 11 is 22.4. The molecule has 8 heterocycles. The van der Waals surface area contributed by atoms with Gasteiger partial charge in [0.2, 0.25) is 36.6 Å². The quantitative estimate of drug-likeness (QED) is 0.0310. The van der Waals surface area contributed by atoms with Crippen molar-refractivity contribution < 1.29 is 81.8 Å². The van der Waals surface area contributed by atoms with E-state index in [0.717, 1.165) is 24.8 Å². The number of carbonyl (C=O) groups excluding carboxylic acids is 2. The average Bonchev–Trinajstić information content (AvgIpc) is 1.61. The number of ketones is 2. The molecular formula is C60H68Cl4F4MnN16O11S2. The van der Waals surface area contributed by atoms with Crippen molar-refractivity contribution in [1.29, 1.82) is 0 Å². The number of hydrogen-bond donors (Lipinski definition) is 5. The van der Waals surface area contributed by atoms with Gasteiger partial charge in [0.1, 0.15) is 34.2 Å². The molecule has 0 aliphatic carbocycles. The first-order chi connectivity index (χ1) is 45.8. The third-order valence-corrected chi connectivity index (χ3v) is 18.7. The first kappa shape index (κ1) is 78.4. The monoisotopic (exact) mass is 1520 g/mol. The number of rotatable bonds is 13. The van der Waals surface area contributed by atoms with Crippen LogP contribution in [-0.2, 0) is 42.5 Å². The van der Waals surface area contributed by atoms with Crippen LogP contribution in [0.15, 0.2) is 55.0 Å². The van der Waals surface area contributed by atoms with Crippen molar-refractivity contribution in [3.05, 3.63) is 116 Å². The van der Waals surface area contributed by atoms with E-state index in [9.17, 15) is 59.3 Å². The summed E-state index contributed by atoms with van der Waals surface area (Å²) in [6, 6.07) is 7.47. The molecule has 27 nitrogen and oxygen atoms in total. The van der Waals surface area contributed by atoms with Crippen molar-refractivity contribution in [2.45, 2.75) is 124 Å². The Morgan fingerprint density at radius 1 is 0.571 bits per heavy atom. The van der Waals surface area contributed by atoms with Crippen molar-refractivity contribution in [3.8, 4) is 33.8 Å². The van der Waals surface area contributed by atoms with E-state index in [2.05, 4.69) is 50.2 Å². The molecule has 6 N–H and O–H groups in total. The zero-order chi connectivity index (χ0) is 72.9. The standard InChI is InChI=1S/C22H26F2N6O4S.C16H15Cl2FN4O.C16H13Cl2FN4O.C6H14N2O3S.Mn.2O/c1-11(2)30-17-8-13(7-14(23)20(17)27-21(30)12(3)31)19-15(24)9-25-22(28-19)26-16-5-6-29(10-18(16)32)35(4,33)34;2*1-7(2)23-12-5-9(13-10(17)6-20-16(18)22-13)4-11(19)14(12)21-15(23)8(3)24;1-12(10,11)8-3-2-5(7)6(9)4-8;;;/h7-9,11,16,18,32H,5-6,10H2,1-4H3,(H,25,26,28);4-8,24H,1-3H3;4-7H,1-3H3;5-6,9H,2-4,7H2,1H3;;;/t16-,18-;;;5-,6-;;;/m1..1.../s1. The normalized spacial score (nSPS) is 17.2. The van der Waals surface area contributed by atoms with Crippen molar-refractivity contribution >= 4 is 117 Å². The third-order valence-electron chi connectivity index (χ3n) is 15.2. The van der Waals surface area contributed by atoms with E-state index < -0.39 is 82.5 Å². The van der Waals surface area contributed by atoms with Gasteiger partial charge in [0, 0.05) is 80.9 Å². The average molecular weight is 1530 g/mol. The molecule has 0 spiro atoms. The molecule has 0 bridgehead atoms. The van der Waals surface area contributed by atoms with E-state index in [1.807, 2.05) is 41.5 Å². The number of halogens is 8. The Labute approximate surface area is 585 Å². The molecule has 9 aromatic rings. The third kappa shape index (κ3) is 18.4. The van der Waals surface area contributed by atoms with E-state index in [1.54, 1.807) is 32.8 Å². The maximum absolute atomic E-state index is 15.0. The minimum atomic E-state index is -3.44. The Balaban J connectivity index is 0.000000191. The van der Waals surface area contributed by atoms with Gasteiger partial charge in [0.25, 0.3) is 0 Å². The molecular weight excluding hydrogens is 1460 g/mol. The zero-order valence-electron chi connectivity index (χ0n) is 54.2. The van der Waals surface area contributed by atoms with Gasteiger partial charge in [-0.3, -0.25) is 9.59 Å². The molecule has 98 heavy (non-hydrogen) atoms. The molecule has 2 aliphatic heterocycles. The van der Waals surface area contributed by atoms with Gasteiger partial charge in [-0.2, -0.15) is 8.61 Å². The summed E-state index contributed by atoms with van der Waals surface area (Å²) in [5.41, 5.74) is 8.74. The number of anilines is 1. The van der Waals surface area contributed by atoms with Crippen LogP contribution >= 0.6 is 46.4 Å². The molecule has 2 aliphatic rings. The van der Waals surface area contributed by atoms with Crippen LogP contribution < -0.4 is 11.1 Å². The van der Waals surface area contributed by atoms with Crippen molar-refractivity contribution in [1.82, 2.24) is 67.2 Å². The van der Waals surface area contributed by atoms with Gasteiger partial charge in [-0.1, -0.05) is 23.2 Å². The number of benzene rings is 3. The van der Waals surface area contributed by atoms with Crippen molar-refractivity contribution in [2.75, 3.05) is 44.0 Å². The summed E-state index contributed by atoms with van der Waals surface area (Å²) in [5, 5.41) is 33.1. The van der Waals surface area contributed by atoms with E-state index in [1.165, 1.54) is 53.1 Å². The van der Waals surface area contributed by atoms with Gasteiger partial charge in [0.15, 0.2) is 46.5 Å². The van der Waals surface area contributed by atoms with Gasteiger partial charge in [0.05, 0.1) is 87.3 Å². The van der Waals surface area contributed by atoms with Crippen LogP contribution in [0.3, 0.4) is 0 Å². The Morgan fingerprint density at radius 3 is 1.34 bits per heavy atom. The first-order valence-corrected chi connectivity index (χ1v) is 35.9. The van der Waals surface area contributed by atoms with Crippen LogP contribution in [0.25, 0.3) is 66.9 Å². The van der Waals surface area contributed by atoms with Crippen LogP contribution in [0, 0.1) is 23.3 Å². The van der Waals surface area contributed by atoms with Gasteiger partial charge in [-0.05, 0) is 121 Å². The molecule has 3 aromatic carbocycles. The Morgan fingerprint density at radius 2 is 0.959 bits per heavy atom. The van der Waals surface area contributed by atoms with Gasteiger partial charge in [-0.15, -0.1) is 0 Å². The molecule has 0 saturated carbocycles. The number of nitrogens with zero attached hydrogens (tertiary/aromatic N) is 14. The fourth-order valence-corrected chi connectivity index (χ4v) is 13.1. The number of sulfonamides is 2. The summed E-state index contributed by atoms with van der Waals surface area (Å²) in [6.07, 6.45) is 4.10. The molecule has 6 aromatic heterocycles. The SMILES string of the molecule is CC(=O)c1nc2c(F)cc(-c3nc(Cl)ncc3Cl)cc2n1C(C)C.CC(=O)c1nc2c(F)cc(-c3nc(N[C@@H]4CCN(S(C)(=O)=O)C[C@H]4O)ncc3F)cc2n1C(C)C.CC(O)c1nc2c(F)cc(-c3nc(Cl)ncc3Cl)cc2n1C(C)C.CS(=O)(=O)N1CC[C@@H](N)[C@H](O)C1.[O]=[Mn]=[O]. The second-order valence-electron chi connectivity index (χ2n) is 23.5. The molecule has 5 atom stereocenters. The van der Waals surface area contributed by atoms with Crippen molar-refractivity contribution in [2.24, 2.45) is 5.73 Å². The van der Waals surface area contributed by atoms with E-state index in [4.69, 9.17) is 59.8 Å². The number of aromatic nitrogens is 12. The maximum atomic E-state index is 15.0. The van der Waals surface area contributed by atoms with Gasteiger partial charge >= 0.3 is 22.5 Å². The van der Waals surface area contributed by atoms with E-state index in [0.29, 0.717) is 57.9 Å². The summed E-state index contributed by atoms with van der Waals surface area (Å²) < 4.78 is 129. The fourth-order valence-electron chi connectivity index (χ4n) is 10.8. The number of β-amino-alcohol motifs (C(OH)–C–C–N with tert-alkyl or cyclic N) is 2. The number of fused-ring (bicyclic) bond motifs is 3. The number of hydrogen-bond acceptors (Lipinski definition) is 22. The second kappa shape index (κ2) is 32.6. The molecule has 2 fully saturated rings. The Hall–Kier alpha value is -6.89. The van der Waals surface area contributed by atoms with Crippen LogP contribution in [0.4, 0.5) is 23.5 Å². The summed E-state index contributed by atoms with van der Waals surface area (Å²) in [6.45, 7) is 16.3. The molecule has 11 rings (SSSR count). The number of piperidine rings is 2. The number of imidazole rings is 3. The first-order valence-electron chi connectivity index (χ1n) is 29.7. The number of carbonyl (C=O) groups is 2.